The zero-order valence-electron chi connectivity index (χ0n) is 9.06. The molecule has 0 aliphatic heterocycles. The molecule has 15 heavy (non-hydrogen) atoms. The largest absolute Gasteiger partial charge is 0.467 e. The van der Waals surface area contributed by atoms with Crippen LogP contribution in [-0.2, 0) is 13.0 Å². The predicted octanol–water partition coefficient (Wildman–Crippen LogP) is 2.92. The molecule has 2 heterocycles. The van der Waals surface area contributed by atoms with Crippen LogP contribution < -0.4 is 0 Å². The van der Waals surface area contributed by atoms with Crippen LogP contribution in [0.2, 0.25) is 0 Å². The number of rotatable bonds is 2. The molecule has 0 radical (unpaired) electrons. The second-order valence-corrected chi connectivity index (χ2v) is 3.10. The Kier molecular flexibility index (Phi) is 4.71. The minimum absolute atomic E-state index is 0.00694. The van der Waals surface area contributed by atoms with Gasteiger partial charge in [0.2, 0.25) is 0 Å². The van der Waals surface area contributed by atoms with Gasteiger partial charge in [0.25, 0.3) is 0 Å². The smallest absolute Gasteiger partial charge is 0.129 e. The summed E-state index contributed by atoms with van der Waals surface area (Å²) in [4.78, 5) is 0. The Labute approximate surface area is 89.3 Å². The molecule has 0 saturated heterocycles. The average Bonchev–Trinajstić information content (AvgIpc) is 2.88. The summed E-state index contributed by atoms with van der Waals surface area (Å²) in [6.45, 7) is 4.03. The highest BCUT2D eigenvalue weighted by Gasteiger charge is 1.91. The van der Waals surface area contributed by atoms with Crippen molar-refractivity contribution < 1.29 is 13.9 Å². The summed E-state index contributed by atoms with van der Waals surface area (Å²) >= 11 is 0. The molecule has 0 unspecified atom stereocenters. The van der Waals surface area contributed by atoms with Gasteiger partial charge < -0.3 is 13.9 Å². The summed E-state index contributed by atoms with van der Waals surface area (Å²) in [5.74, 6) is 2.68. The molecule has 3 nitrogen and oxygen atoms in total. The number of hydrogen-bond donors (Lipinski definition) is 1. The van der Waals surface area contributed by atoms with Crippen LogP contribution in [0.4, 0.5) is 0 Å². The Hall–Kier alpha value is -1.48. The van der Waals surface area contributed by atoms with Crippen LogP contribution in [0.15, 0.2) is 39.4 Å². The highest BCUT2D eigenvalue weighted by Crippen LogP contribution is 2.05. The lowest BCUT2D eigenvalue weighted by Crippen LogP contribution is -1.72. The highest BCUT2D eigenvalue weighted by atomic mass is 16.4. The summed E-state index contributed by atoms with van der Waals surface area (Å²) in [6, 6.07) is 7.46. The van der Waals surface area contributed by atoms with Crippen LogP contribution in [-0.4, -0.2) is 5.11 Å². The molecule has 0 spiro atoms. The zero-order chi connectivity index (χ0) is 11.1. The van der Waals surface area contributed by atoms with Crippen molar-refractivity contribution in [2.45, 2.75) is 26.9 Å². The van der Waals surface area contributed by atoms with E-state index in [4.69, 9.17) is 13.9 Å². The molecule has 0 aliphatic carbocycles. The molecule has 82 valence electrons. The molecule has 2 aromatic heterocycles. The molecule has 2 rings (SSSR count). The first-order valence-corrected chi connectivity index (χ1v) is 4.94. The molecule has 0 bridgehead atoms. The van der Waals surface area contributed by atoms with Crippen LogP contribution in [0.1, 0.15) is 24.2 Å². The fraction of sp³-hybridized carbons (Fsp3) is 0.333. The minimum atomic E-state index is -0.00694. The predicted molar refractivity (Wildman–Crippen MR) is 57.5 cm³/mol. The third kappa shape index (κ3) is 4.04. The topological polar surface area (TPSA) is 46.5 Å². The van der Waals surface area contributed by atoms with E-state index in [0.29, 0.717) is 5.76 Å². The molecule has 0 aliphatic rings. The van der Waals surface area contributed by atoms with Gasteiger partial charge >= 0.3 is 0 Å². The lowest BCUT2D eigenvalue weighted by atomic mass is 10.4. The SMILES string of the molecule is CCc1ccc(C)o1.OCc1ccco1. The second-order valence-electron chi connectivity index (χ2n) is 3.10. The quantitative estimate of drug-likeness (QED) is 0.825. The number of aliphatic hydroxyl groups excluding tert-OH is 1. The van der Waals surface area contributed by atoms with Gasteiger partial charge in [-0.3, -0.25) is 0 Å². The average molecular weight is 208 g/mol. The van der Waals surface area contributed by atoms with E-state index in [1.165, 1.54) is 6.26 Å². The Morgan fingerprint density at radius 2 is 2.00 bits per heavy atom. The summed E-state index contributed by atoms with van der Waals surface area (Å²) in [6.07, 6.45) is 2.53. The molecule has 0 fully saturated rings. The highest BCUT2D eigenvalue weighted by molar-refractivity contribution is 5.04. The van der Waals surface area contributed by atoms with Crippen LogP contribution in [0, 0.1) is 6.92 Å². The Morgan fingerprint density at radius 1 is 1.20 bits per heavy atom. The number of aryl methyl sites for hydroxylation is 2. The fourth-order valence-corrected chi connectivity index (χ4v) is 1.08. The standard InChI is InChI=1S/C7H10O.C5H6O2/c1-3-7-5-4-6(2)8-7;6-4-5-2-1-3-7-5/h4-5H,3H2,1-2H3;1-3,6H,4H2. The van der Waals surface area contributed by atoms with E-state index in [9.17, 15) is 0 Å². The van der Waals surface area contributed by atoms with Crippen LogP contribution in [0.3, 0.4) is 0 Å². The van der Waals surface area contributed by atoms with Crippen molar-refractivity contribution in [3.63, 3.8) is 0 Å². The molecule has 0 saturated carbocycles. The van der Waals surface area contributed by atoms with Crippen molar-refractivity contribution in [3.8, 4) is 0 Å². The first-order valence-electron chi connectivity index (χ1n) is 4.94. The maximum atomic E-state index is 8.33. The lowest BCUT2D eigenvalue weighted by Gasteiger charge is -1.83. The first-order chi connectivity index (χ1) is 7.26. The summed E-state index contributed by atoms with van der Waals surface area (Å²) < 4.78 is 9.97. The van der Waals surface area contributed by atoms with Gasteiger partial charge in [0.15, 0.2) is 0 Å². The van der Waals surface area contributed by atoms with Gasteiger partial charge in [-0.05, 0) is 31.2 Å². The third-order valence-corrected chi connectivity index (χ3v) is 1.88. The van der Waals surface area contributed by atoms with Crippen molar-refractivity contribution in [1.29, 1.82) is 0 Å². The van der Waals surface area contributed by atoms with Gasteiger partial charge in [0, 0.05) is 6.42 Å². The molecule has 3 heteroatoms. The van der Waals surface area contributed by atoms with Gasteiger partial charge in [0.05, 0.1) is 6.26 Å². The molecular weight excluding hydrogens is 192 g/mol. The lowest BCUT2D eigenvalue weighted by molar-refractivity contribution is 0.247. The molecule has 0 amide bonds. The van der Waals surface area contributed by atoms with Crippen molar-refractivity contribution in [1.82, 2.24) is 0 Å². The van der Waals surface area contributed by atoms with Crippen molar-refractivity contribution in [3.05, 3.63) is 47.8 Å². The monoisotopic (exact) mass is 208 g/mol. The van der Waals surface area contributed by atoms with Gasteiger partial charge in [-0.1, -0.05) is 6.92 Å². The molecule has 2 aromatic rings. The molecular formula is C12H16O3. The Balaban J connectivity index is 0.000000151. The first kappa shape index (κ1) is 11.6. The molecule has 1 N–H and O–H groups in total. The van der Waals surface area contributed by atoms with Crippen LogP contribution in [0.25, 0.3) is 0 Å². The van der Waals surface area contributed by atoms with E-state index in [0.717, 1.165) is 17.9 Å². The van der Waals surface area contributed by atoms with Crippen LogP contribution >= 0.6 is 0 Å². The van der Waals surface area contributed by atoms with E-state index in [2.05, 4.69) is 6.92 Å². The van der Waals surface area contributed by atoms with Crippen LogP contribution in [0.5, 0.6) is 0 Å². The summed E-state index contributed by atoms with van der Waals surface area (Å²) in [5.41, 5.74) is 0. The number of hydrogen-bond acceptors (Lipinski definition) is 3. The molecule has 0 aromatic carbocycles. The molecule has 0 atom stereocenters. The normalized spacial score (nSPS) is 9.53. The van der Waals surface area contributed by atoms with Crippen molar-refractivity contribution >= 4 is 0 Å². The van der Waals surface area contributed by atoms with E-state index < -0.39 is 0 Å². The summed E-state index contributed by atoms with van der Waals surface area (Å²) in [5, 5.41) is 8.33. The fourth-order valence-electron chi connectivity index (χ4n) is 1.08. The van der Waals surface area contributed by atoms with Gasteiger partial charge in [-0.2, -0.15) is 0 Å². The number of furan rings is 2. The van der Waals surface area contributed by atoms with Gasteiger partial charge in [-0.25, -0.2) is 0 Å². The number of aliphatic hydroxyl groups is 1. The summed E-state index contributed by atoms with van der Waals surface area (Å²) in [7, 11) is 0. The van der Waals surface area contributed by atoms with Gasteiger partial charge in [0.1, 0.15) is 23.9 Å². The van der Waals surface area contributed by atoms with E-state index in [1.54, 1.807) is 12.1 Å². The van der Waals surface area contributed by atoms with E-state index in [-0.39, 0.29) is 6.61 Å². The second kappa shape index (κ2) is 6.09. The van der Waals surface area contributed by atoms with E-state index >= 15 is 0 Å². The maximum Gasteiger partial charge on any atom is 0.129 e. The van der Waals surface area contributed by atoms with E-state index in [1.807, 2.05) is 19.1 Å². The zero-order valence-corrected chi connectivity index (χ0v) is 9.06. The Morgan fingerprint density at radius 3 is 2.27 bits per heavy atom. The van der Waals surface area contributed by atoms with Crippen molar-refractivity contribution in [2.24, 2.45) is 0 Å². The minimum Gasteiger partial charge on any atom is -0.467 e. The van der Waals surface area contributed by atoms with Crippen molar-refractivity contribution in [2.75, 3.05) is 0 Å². The van der Waals surface area contributed by atoms with Gasteiger partial charge in [-0.15, -0.1) is 0 Å². The maximum absolute atomic E-state index is 8.33. The third-order valence-electron chi connectivity index (χ3n) is 1.88. The Bertz CT molecular complexity index is 360.